The molecule has 4 aromatic rings. The number of aromatic nitrogens is 5. The molecule has 210 valence electrons. The Kier molecular flexibility index (Phi) is 7.50. The lowest BCUT2D eigenvalue weighted by Gasteiger charge is -2.28. The molecule has 5 heterocycles. The highest BCUT2D eigenvalue weighted by molar-refractivity contribution is 7.92. The van der Waals surface area contributed by atoms with Crippen molar-refractivity contribution in [1.82, 2.24) is 24.5 Å². The Morgan fingerprint density at radius 1 is 1.00 bits per heavy atom. The Labute approximate surface area is 232 Å². The molecule has 0 amide bonds. The fraction of sp³-hybridized carbons (Fsp3) is 0.407. The van der Waals surface area contributed by atoms with Crippen molar-refractivity contribution in [2.75, 3.05) is 53.6 Å². The molecule has 2 aliphatic heterocycles. The Hall–Kier alpha value is -3.81. The summed E-state index contributed by atoms with van der Waals surface area (Å²) in [5.41, 5.74) is 4.54. The van der Waals surface area contributed by atoms with Gasteiger partial charge in [-0.25, -0.2) is 23.4 Å². The number of hydrogen-bond acceptors (Lipinski definition) is 10. The second-order valence-corrected chi connectivity index (χ2v) is 11.8. The van der Waals surface area contributed by atoms with Crippen LogP contribution in [0.25, 0.3) is 22.4 Å². The topological polar surface area (TPSA) is 136 Å². The maximum Gasteiger partial charge on any atom is 0.233 e. The third kappa shape index (κ3) is 5.71. The fourth-order valence-corrected chi connectivity index (χ4v) is 5.44. The van der Waals surface area contributed by atoms with E-state index in [1.165, 1.54) is 0 Å². The van der Waals surface area contributed by atoms with Crippen molar-refractivity contribution in [1.29, 1.82) is 0 Å². The molecule has 0 saturated carbocycles. The zero-order valence-corrected chi connectivity index (χ0v) is 23.1. The van der Waals surface area contributed by atoms with Gasteiger partial charge in [0.15, 0.2) is 5.65 Å². The van der Waals surface area contributed by atoms with Crippen molar-refractivity contribution in [2.24, 2.45) is 0 Å². The first kappa shape index (κ1) is 26.4. The summed E-state index contributed by atoms with van der Waals surface area (Å²) in [6, 6.07) is 11.6. The van der Waals surface area contributed by atoms with E-state index in [0.29, 0.717) is 35.0 Å². The molecule has 2 saturated heterocycles. The zero-order chi connectivity index (χ0) is 27.5. The number of imidazole rings is 1. The third-order valence-electron chi connectivity index (χ3n) is 7.06. The normalized spacial score (nSPS) is 18.1. The lowest BCUT2D eigenvalue weighted by molar-refractivity contribution is -0.0298. The number of nitrogens with one attached hydrogen (secondary N) is 2. The number of rotatable bonds is 8. The van der Waals surface area contributed by atoms with Gasteiger partial charge < -0.3 is 19.7 Å². The first-order valence-electron chi connectivity index (χ1n) is 13.5. The number of hydrogen-bond donors (Lipinski definition) is 2. The molecule has 1 atom stereocenters. The van der Waals surface area contributed by atoms with E-state index in [9.17, 15) is 8.42 Å². The molecule has 6 rings (SSSR count). The van der Waals surface area contributed by atoms with Crippen LogP contribution in [-0.4, -0.2) is 71.6 Å². The quantitative estimate of drug-likeness (QED) is 0.324. The zero-order valence-electron chi connectivity index (χ0n) is 22.3. The van der Waals surface area contributed by atoms with E-state index in [-0.39, 0.29) is 17.8 Å². The minimum Gasteiger partial charge on any atom is -0.378 e. The Morgan fingerprint density at radius 2 is 1.82 bits per heavy atom. The molecule has 2 aliphatic rings. The lowest BCUT2D eigenvalue weighted by atomic mass is 10.1. The maximum atomic E-state index is 12.0. The first-order chi connectivity index (χ1) is 19.5. The summed E-state index contributed by atoms with van der Waals surface area (Å²) in [6.07, 6.45) is 6.18. The lowest BCUT2D eigenvalue weighted by Crippen LogP contribution is -2.36. The molecule has 13 heteroatoms. The van der Waals surface area contributed by atoms with Crippen LogP contribution >= 0.6 is 0 Å². The van der Waals surface area contributed by atoms with Crippen molar-refractivity contribution < 1.29 is 17.9 Å². The smallest absolute Gasteiger partial charge is 0.233 e. The first-order valence-corrected chi connectivity index (χ1v) is 15.2. The van der Waals surface area contributed by atoms with Crippen LogP contribution in [0, 0.1) is 0 Å². The molecule has 3 aromatic heterocycles. The van der Waals surface area contributed by atoms with Crippen LogP contribution in [0.2, 0.25) is 0 Å². The molecule has 12 nitrogen and oxygen atoms in total. The summed E-state index contributed by atoms with van der Waals surface area (Å²) in [4.78, 5) is 20.9. The van der Waals surface area contributed by atoms with Gasteiger partial charge in [-0.1, -0.05) is 0 Å². The van der Waals surface area contributed by atoms with Gasteiger partial charge in [-0.3, -0.25) is 9.29 Å². The van der Waals surface area contributed by atoms with Gasteiger partial charge in [0.2, 0.25) is 16.0 Å². The van der Waals surface area contributed by atoms with E-state index in [1.807, 2.05) is 16.7 Å². The van der Waals surface area contributed by atoms with Crippen molar-refractivity contribution in [3.63, 3.8) is 0 Å². The van der Waals surface area contributed by atoms with Crippen LogP contribution in [0.5, 0.6) is 0 Å². The van der Waals surface area contributed by atoms with E-state index in [4.69, 9.17) is 19.4 Å². The molecule has 0 aliphatic carbocycles. The minimum atomic E-state index is -3.43. The van der Waals surface area contributed by atoms with Crippen LogP contribution in [0.15, 0.2) is 48.9 Å². The van der Waals surface area contributed by atoms with E-state index >= 15 is 0 Å². The molecule has 0 bridgehead atoms. The number of sulfonamides is 1. The Balaban J connectivity index is 1.34. The highest BCUT2D eigenvalue weighted by Crippen LogP contribution is 2.32. The summed E-state index contributed by atoms with van der Waals surface area (Å²) < 4.78 is 39.9. The van der Waals surface area contributed by atoms with Gasteiger partial charge in [0.05, 0.1) is 25.3 Å². The summed E-state index contributed by atoms with van der Waals surface area (Å²) >= 11 is 0. The number of nitrogens with zero attached hydrogens (tertiary/aromatic N) is 6. The fourth-order valence-electron chi connectivity index (χ4n) is 4.86. The minimum absolute atomic E-state index is 0.0356. The second kappa shape index (κ2) is 11.4. The van der Waals surface area contributed by atoms with Crippen LogP contribution in [0.4, 0.5) is 23.1 Å². The molecule has 2 N–H and O–H groups in total. The molecular formula is C27H32N8O4S. The van der Waals surface area contributed by atoms with Crippen LogP contribution in [0.1, 0.15) is 32.4 Å². The maximum absolute atomic E-state index is 12.0. The predicted octanol–water partition coefficient (Wildman–Crippen LogP) is 3.93. The molecular weight excluding hydrogens is 532 g/mol. The van der Waals surface area contributed by atoms with Crippen LogP contribution < -0.4 is 14.9 Å². The largest absolute Gasteiger partial charge is 0.378 e. The van der Waals surface area contributed by atoms with Gasteiger partial charge in [0.25, 0.3) is 0 Å². The highest BCUT2D eigenvalue weighted by Gasteiger charge is 2.22. The predicted molar refractivity (Wildman–Crippen MR) is 153 cm³/mol. The van der Waals surface area contributed by atoms with Crippen molar-refractivity contribution in [3.8, 4) is 11.3 Å². The monoisotopic (exact) mass is 564 g/mol. The molecule has 1 unspecified atom stereocenters. The summed E-state index contributed by atoms with van der Waals surface area (Å²) in [7, 11) is -3.43. The van der Waals surface area contributed by atoms with Crippen molar-refractivity contribution in [2.45, 2.75) is 32.4 Å². The molecule has 40 heavy (non-hydrogen) atoms. The van der Waals surface area contributed by atoms with Gasteiger partial charge in [-0.05, 0) is 62.6 Å². The second-order valence-electron chi connectivity index (χ2n) is 9.75. The molecule has 0 radical (unpaired) electrons. The standard InChI is InChI=1S/C27H32N8O4S/c1-2-40(36,37)33-22-11-6-19(17-28-22)24-25-26(35(18-29-25)23-5-3-4-14-39-23)32-27(31-24)30-20-7-9-21(10-8-20)34-12-15-38-16-13-34/h6-11,17-18,23H,2-5,12-16H2,1H3,(H,28,33)(H,30,31,32). The van der Waals surface area contributed by atoms with E-state index < -0.39 is 10.0 Å². The number of pyridine rings is 1. The number of morpholine rings is 1. The SMILES string of the molecule is CCS(=O)(=O)Nc1ccc(-c2nc(Nc3ccc(N4CCOCC4)cc3)nc3c2ncn3C2CCCCO2)cn1. The number of benzene rings is 1. The summed E-state index contributed by atoms with van der Waals surface area (Å²) in [5, 5.41) is 3.35. The summed E-state index contributed by atoms with van der Waals surface area (Å²) in [5.74, 6) is 0.622. The van der Waals surface area contributed by atoms with E-state index in [2.05, 4.69) is 37.0 Å². The summed E-state index contributed by atoms with van der Waals surface area (Å²) in [6.45, 7) is 5.48. The van der Waals surface area contributed by atoms with Gasteiger partial charge in [0, 0.05) is 42.8 Å². The molecule has 0 spiro atoms. The number of ether oxygens (including phenoxy) is 2. The molecule has 2 fully saturated rings. The van der Waals surface area contributed by atoms with Gasteiger partial charge >= 0.3 is 0 Å². The van der Waals surface area contributed by atoms with Crippen molar-refractivity contribution >= 4 is 44.3 Å². The Bertz CT molecular complexity index is 1560. The van der Waals surface area contributed by atoms with Crippen LogP contribution in [-0.2, 0) is 19.5 Å². The number of anilines is 4. The third-order valence-corrected chi connectivity index (χ3v) is 8.34. The van der Waals surface area contributed by atoms with Gasteiger partial charge in [-0.15, -0.1) is 0 Å². The highest BCUT2D eigenvalue weighted by atomic mass is 32.2. The number of fused-ring (bicyclic) bond motifs is 1. The molecule has 1 aromatic carbocycles. The van der Waals surface area contributed by atoms with E-state index in [0.717, 1.165) is 56.9 Å². The van der Waals surface area contributed by atoms with Gasteiger partial charge in [-0.2, -0.15) is 4.98 Å². The van der Waals surface area contributed by atoms with Crippen LogP contribution in [0.3, 0.4) is 0 Å². The average molecular weight is 565 g/mol. The average Bonchev–Trinajstić information content (AvgIpc) is 3.42. The van der Waals surface area contributed by atoms with E-state index in [1.54, 1.807) is 31.6 Å². The van der Waals surface area contributed by atoms with Gasteiger partial charge in [0.1, 0.15) is 23.3 Å². The Morgan fingerprint density at radius 3 is 2.52 bits per heavy atom. The van der Waals surface area contributed by atoms with Crippen molar-refractivity contribution in [3.05, 3.63) is 48.9 Å².